The van der Waals surface area contributed by atoms with E-state index in [9.17, 15) is 19.7 Å². The molecule has 4 rings (SSSR count). The van der Waals surface area contributed by atoms with Crippen molar-refractivity contribution in [3.63, 3.8) is 0 Å². The molecule has 9 heteroatoms. The van der Waals surface area contributed by atoms with Crippen LogP contribution in [0.15, 0.2) is 42.0 Å². The number of fused-ring (bicyclic) bond motifs is 1. The summed E-state index contributed by atoms with van der Waals surface area (Å²) in [6, 6.07) is 13.8. The fraction of sp³-hybridized carbons (Fsp3) is 0.250. The van der Waals surface area contributed by atoms with E-state index in [-0.39, 0.29) is 18.0 Å². The lowest BCUT2D eigenvalue weighted by atomic mass is 9.96. The Balaban J connectivity index is 1.58. The molecular weight excluding hydrogens is 604 g/mol. The highest BCUT2D eigenvalue weighted by atomic mass is 127. The Bertz CT molecular complexity index is 1450. The molecule has 0 unspecified atom stereocenters. The van der Waals surface area contributed by atoms with Gasteiger partial charge in [0.2, 0.25) is 0 Å². The maximum atomic E-state index is 13.5. The number of nitriles is 2. The van der Waals surface area contributed by atoms with Gasteiger partial charge >= 0.3 is 0 Å². The number of anilines is 1. The molecule has 3 aromatic rings. The highest BCUT2D eigenvalue weighted by Gasteiger charge is 2.23. The third kappa shape index (κ3) is 6.30. The third-order valence-electron chi connectivity index (χ3n) is 5.79. The van der Waals surface area contributed by atoms with Crippen LogP contribution in [0.1, 0.15) is 46.9 Å². The molecule has 1 aliphatic rings. The molecule has 2 aromatic carbocycles. The summed E-state index contributed by atoms with van der Waals surface area (Å²) in [5, 5.41) is 22.6. The summed E-state index contributed by atoms with van der Waals surface area (Å²) >= 11 is 3.51. The number of carbonyl (C=O) groups is 1. The third-order valence-corrected chi connectivity index (χ3v) is 7.80. The fourth-order valence-electron chi connectivity index (χ4n) is 4.11. The summed E-state index contributed by atoms with van der Waals surface area (Å²) < 4.78 is 25.9. The minimum atomic E-state index is -0.572. The lowest BCUT2D eigenvalue weighted by Gasteiger charge is -2.15. The van der Waals surface area contributed by atoms with Crippen molar-refractivity contribution in [3.05, 3.63) is 78.5 Å². The largest absolute Gasteiger partial charge is 0.490 e. The highest BCUT2D eigenvalue weighted by Crippen LogP contribution is 2.38. The van der Waals surface area contributed by atoms with Crippen molar-refractivity contribution >= 4 is 50.9 Å². The summed E-state index contributed by atoms with van der Waals surface area (Å²) in [5.41, 5.74) is 2.68. The number of carbonyl (C=O) groups excluding carboxylic acids is 1. The van der Waals surface area contributed by atoms with Gasteiger partial charge in [0.15, 0.2) is 11.5 Å². The molecule has 0 atom stereocenters. The molecule has 0 spiro atoms. The number of thiophene rings is 1. The highest BCUT2D eigenvalue weighted by molar-refractivity contribution is 14.1. The average molecular weight is 627 g/mol. The van der Waals surface area contributed by atoms with Crippen LogP contribution in [0.2, 0.25) is 0 Å². The fourth-order valence-corrected chi connectivity index (χ4v) is 6.13. The number of nitrogens with zero attached hydrogens (tertiary/aromatic N) is 2. The number of aryl methyl sites for hydroxylation is 1. The summed E-state index contributed by atoms with van der Waals surface area (Å²) in [6.07, 6.45) is 5.31. The second kappa shape index (κ2) is 12.2. The van der Waals surface area contributed by atoms with E-state index in [1.54, 1.807) is 24.3 Å². The van der Waals surface area contributed by atoms with Crippen molar-refractivity contribution in [1.82, 2.24) is 0 Å². The van der Waals surface area contributed by atoms with Crippen LogP contribution < -0.4 is 14.8 Å². The zero-order chi connectivity index (χ0) is 26.4. The lowest BCUT2D eigenvalue weighted by molar-refractivity contribution is -0.112. The van der Waals surface area contributed by atoms with E-state index in [1.807, 2.05) is 13.0 Å². The number of ether oxygens (including phenoxy) is 2. The van der Waals surface area contributed by atoms with Gasteiger partial charge in [0.05, 0.1) is 15.7 Å². The topological polar surface area (TPSA) is 95.1 Å². The SMILES string of the molecule is CCOc1cc(/C=C(\C#N)C(=O)Nc2sc3c(c2C#N)CCCC3)cc(I)c1OCc1cccc(F)c1. The van der Waals surface area contributed by atoms with E-state index in [1.165, 1.54) is 29.5 Å². The molecule has 0 saturated carbocycles. The number of hydrogen-bond donors (Lipinski definition) is 1. The Labute approximate surface area is 232 Å². The molecule has 6 nitrogen and oxygen atoms in total. The number of hydrogen-bond acceptors (Lipinski definition) is 6. The van der Waals surface area contributed by atoms with Crippen LogP contribution in [-0.2, 0) is 24.2 Å². The van der Waals surface area contributed by atoms with Crippen LogP contribution in [-0.4, -0.2) is 12.5 Å². The Morgan fingerprint density at radius 1 is 1.22 bits per heavy atom. The van der Waals surface area contributed by atoms with Gasteiger partial charge in [-0.05, 0) is 102 Å². The summed E-state index contributed by atoms with van der Waals surface area (Å²) in [6.45, 7) is 2.37. The van der Waals surface area contributed by atoms with Gasteiger partial charge in [-0.15, -0.1) is 11.3 Å². The van der Waals surface area contributed by atoms with Gasteiger partial charge in [-0.2, -0.15) is 10.5 Å². The van der Waals surface area contributed by atoms with Crippen molar-refractivity contribution < 1.29 is 18.7 Å². The monoisotopic (exact) mass is 627 g/mol. The van der Waals surface area contributed by atoms with Crippen LogP contribution in [0.4, 0.5) is 9.39 Å². The van der Waals surface area contributed by atoms with Crippen LogP contribution in [0.5, 0.6) is 11.5 Å². The van der Waals surface area contributed by atoms with Crippen molar-refractivity contribution in [3.8, 4) is 23.6 Å². The van der Waals surface area contributed by atoms with Crippen LogP contribution in [0.3, 0.4) is 0 Å². The van der Waals surface area contributed by atoms with Gasteiger partial charge in [0.25, 0.3) is 5.91 Å². The first-order chi connectivity index (χ1) is 17.9. The van der Waals surface area contributed by atoms with Gasteiger partial charge in [-0.3, -0.25) is 4.79 Å². The summed E-state index contributed by atoms with van der Waals surface area (Å²) in [4.78, 5) is 14.1. The summed E-state index contributed by atoms with van der Waals surface area (Å²) in [5.74, 6) is 0.0346. The number of benzene rings is 2. The maximum absolute atomic E-state index is 13.5. The van der Waals surface area contributed by atoms with Gasteiger partial charge < -0.3 is 14.8 Å². The Hall–Kier alpha value is -3.41. The molecule has 1 heterocycles. The van der Waals surface area contributed by atoms with E-state index < -0.39 is 5.91 Å². The Morgan fingerprint density at radius 2 is 2.03 bits per heavy atom. The van der Waals surface area contributed by atoms with Crippen molar-refractivity contribution in [2.45, 2.75) is 39.2 Å². The molecular formula is C28H23FIN3O3S. The van der Waals surface area contributed by atoms with Gasteiger partial charge in [-0.1, -0.05) is 12.1 Å². The molecule has 0 radical (unpaired) electrons. The minimum Gasteiger partial charge on any atom is -0.490 e. The molecule has 1 aliphatic carbocycles. The zero-order valence-corrected chi connectivity index (χ0v) is 23.0. The minimum absolute atomic E-state index is 0.0954. The maximum Gasteiger partial charge on any atom is 0.266 e. The van der Waals surface area contributed by atoms with Crippen molar-refractivity contribution in [2.75, 3.05) is 11.9 Å². The quantitative estimate of drug-likeness (QED) is 0.169. The first-order valence-corrected chi connectivity index (χ1v) is 13.6. The van der Waals surface area contributed by atoms with Gasteiger partial charge in [0, 0.05) is 4.88 Å². The molecule has 1 aromatic heterocycles. The second-order valence-electron chi connectivity index (χ2n) is 8.33. The van der Waals surface area contributed by atoms with E-state index in [0.717, 1.165) is 36.1 Å². The Morgan fingerprint density at radius 3 is 2.76 bits per heavy atom. The summed E-state index contributed by atoms with van der Waals surface area (Å²) in [7, 11) is 0. The molecule has 1 amide bonds. The predicted octanol–water partition coefficient (Wildman–Crippen LogP) is 6.77. The van der Waals surface area contributed by atoms with Crippen LogP contribution >= 0.6 is 33.9 Å². The lowest BCUT2D eigenvalue weighted by Crippen LogP contribution is -2.13. The van der Waals surface area contributed by atoms with Crippen LogP contribution in [0, 0.1) is 32.0 Å². The molecule has 0 fully saturated rings. The molecule has 0 aliphatic heterocycles. The molecule has 0 bridgehead atoms. The molecule has 0 saturated heterocycles. The zero-order valence-electron chi connectivity index (χ0n) is 20.1. The number of halogens is 2. The first-order valence-electron chi connectivity index (χ1n) is 11.7. The smallest absolute Gasteiger partial charge is 0.266 e. The number of amides is 1. The van der Waals surface area contributed by atoms with E-state index >= 15 is 0 Å². The van der Waals surface area contributed by atoms with Crippen LogP contribution in [0.25, 0.3) is 6.08 Å². The Kier molecular flexibility index (Phi) is 8.80. The first kappa shape index (κ1) is 26.6. The van der Waals surface area contributed by atoms with E-state index in [4.69, 9.17) is 9.47 Å². The predicted molar refractivity (Wildman–Crippen MR) is 149 cm³/mol. The van der Waals surface area contributed by atoms with Crippen molar-refractivity contribution in [2.24, 2.45) is 0 Å². The second-order valence-corrected chi connectivity index (χ2v) is 10.6. The van der Waals surface area contributed by atoms with Crippen molar-refractivity contribution in [1.29, 1.82) is 10.5 Å². The molecule has 188 valence electrons. The van der Waals surface area contributed by atoms with E-state index in [2.05, 4.69) is 34.0 Å². The van der Waals surface area contributed by atoms with E-state index in [0.29, 0.717) is 43.4 Å². The number of nitrogens with one attached hydrogen (secondary N) is 1. The normalized spacial score (nSPS) is 12.7. The average Bonchev–Trinajstić information content (AvgIpc) is 3.23. The van der Waals surface area contributed by atoms with Gasteiger partial charge in [-0.25, -0.2) is 4.39 Å². The standard InChI is InChI=1S/C28H23FIN3O3S/c1-2-35-24-13-18(12-23(30)26(24)36-16-17-6-5-7-20(29)11-17)10-19(14-31)27(34)33-28-22(15-32)21-8-3-4-9-25(21)37-28/h5-7,10-13H,2-4,8-9,16H2,1H3,(H,33,34)/b19-10+. The number of rotatable bonds is 8. The molecule has 37 heavy (non-hydrogen) atoms. The van der Waals surface area contributed by atoms with Gasteiger partial charge in [0.1, 0.15) is 35.1 Å². The molecule has 1 N–H and O–H groups in total.